The fourth-order valence-corrected chi connectivity index (χ4v) is 9.60. The summed E-state index contributed by atoms with van der Waals surface area (Å²) < 4.78 is 12.1. The van der Waals surface area contributed by atoms with E-state index in [-0.39, 0.29) is 41.8 Å². The molecule has 1 spiro atoms. The first-order valence-corrected chi connectivity index (χ1v) is 13.5. The molecule has 2 unspecified atom stereocenters. The number of fused-ring (bicyclic) bond motifs is 6. The second kappa shape index (κ2) is 7.64. The minimum Gasteiger partial charge on any atom is -0.343 e. The van der Waals surface area contributed by atoms with Crippen LogP contribution in [-0.2, 0) is 19.1 Å². The first-order valence-electron chi connectivity index (χ1n) is 12.7. The van der Waals surface area contributed by atoms with E-state index in [1.54, 1.807) is 12.2 Å². The van der Waals surface area contributed by atoms with Gasteiger partial charge >= 0.3 is 0 Å². The molecule has 5 nitrogen and oxygen atoms in total. The smallest absolute Gasteiger partial charge is 0.284 e. The van der Waals surface area contributed by atoms with Gasteiger partial charge in [0.2, 0.25) is 0 Å². The summed E-state index contributed by atoms with van der Waals surface area (Å²) in [4.78, 5) is 25.0. The second-order valence-electron chi connectivity index (χ2n) is 11.8. The van der Waals surface area contributed by atoms with E-state index in [0.717, 1.165) is 24.8 Å². The van der Waals surface area contributed by atoms with Crippen LogP contribution >= 0.6 is 23.2 Å². The first kappa shape index (κ1) is 25.0. The van der Waals surface area contributed by atoms with Crippen molar-refractivity contribution in [2.24, 2.45) is 34.5 Å². The lowest BCUT2D eigenvalue weighted by atomic mass is 9.46. The number of Topliss-reactive ketones (excluding diaryl/α,β-unsaturated/α-hetero) is 1. The van der Waals surface area contributed by atoms with Crippen LogP contribution in [0.5, 0.6) is 0 Å². The van der Waals surface area contributed by atoms with E-state index in [9.17, 15) is 14.7 Å². The third-order valence-electron chi connectivity index (χ3n) is 10.5. The molecule has 0 bridgehead atoms. The Kier molecular flexibility index (Phi) is 5.61. The highest BCUT2D eigenvalue weighted by Crippen LogP contribution is 2.73. The summed E-state index contributed by atoms with van der Waals surface area (Å²) in [5, 5.41) is 10.9. The summed E-state index contributed by atoms with van der Waals surface area (Å²) in [6, 6.07) is 0. The Morgan fingerprint density at radius 1 is 1.26 bits per heavy atom. The number of halogens is 2. The molecule has 3 saturated carbocycles. The Bertz CT molecular complexity index is 994. The Morgan fingerprint density at radius 3 is 2.65 bits per heavy atom. The number of ketones is 2. The average molecular weight is 511 g/mol. The van der Waals surface area contributed by atoms with Crippen molar-refractivity contribution < 1.29 is 24.2 Å². The third-order valence-corrected chi connectivity index (χ3v) is 12.1. The molecule has 4 fully saturated rings. The van der Waals surface area contributed by atoms with Crippen LogP contribution in [0.25, 0.3) is 0 Å². The van der Waals surface area contributed by atoms with Crippen molar-refractivity contribution >= 4 is 34.8 Å². The van der Waals surface area contributed by atoms with Gasteiger partial charge in [0.1, 0.15) is 12.2 Å². The molecule has 7 heteroatoms. The van der Waals surface area contributed by atoms with Crippen LogP contribution in [0.1, 0.15) is 66.7 Å². The van der Waals surface area contributed by atoms with Crippen molar-refractivity contribution in [3.63, 3.8) is 0 Å². The van der Waals surface area contributed by atoms with Crippen molar-refractivity contribution in [1.29, 1.82) is 0 Å². The Balaban J connectivity index is 1.61. The normalized spacial score (nSPS) is 53.2. The van der Waals surface area contributed by atoms with Gasteiger partial charge in [0.15, 0.2) is 11.6 Å². The van der Waals surface area contributed by atoms with Crippen LogP contribution in [0.15, 0.2) is 23.8 Å². The Labute approximate surface area is 212 Å². The third kappa shape index (κ3) is 2.80. The number of carbonyl (C=O) groups excluding carboxylic acids is 2. The van der Waals surface area contributed by atoms with Gasteiger partial charge in [-0.05, 0) is 62.0 Å². The summed E-state index contributed by atoms with van der Waals surface area (Å²) in [5.41, 5.74) is -1.27. The first-order chi connectivity index (χ1) is 15.8. The maximum absolute atomic E-state index is 13.7. The van der Waals surface area contributed by atoms with Gasteiger partial charge in [-0.25, -0.2) is 0 Å². The van der Waals surface area contributed by atoms with Crippen LogP contribution in [0.3, 0.4) is 0 Å². The quantitative estimate of drug-likeness (QED) is 0.519. The molecule has 4 aliphatic carbocycles. The SMILES string of the molecule is CCC(C)C1(O)OCC(=O)[C@@]2(O1)[C@H](C)C[C@H]1[C@@H]3CCC4=CC(=O)C=C[C@]4(C)[C@@]3(Cl)[C@@H](Cl)C[C@@]12C. The standard InChI is InChI=1S/C27H36Cl2O5/c1-6-15(2)27(32)33-14-22(31)26(34-27)16(3)11-20-19-8-7-17-12-18(30)9-10-23(17,4)25(19,29)21(28)13-24(20,26)5/h9-10,12,15-16,19-21,32H,6-8,11,13-14H2,1-5H3/t15?,16-,19+,20+,21+,23+,24+,25+,26+,27?/m1/s1. The van der Waals surface area contributed by atoms with Gasteiger partial charge in [-0.3, -0.25) is 9.59 Å². The molecule has 5 aliphatic rings. The molecule has 10 atom stereocenters. The Morgan fingerprint density at radius 2 is 1.97 bits per heavy atom. The Hall–Kier alpha value is -0.720. The lowest BCUT2D eigenvalue weighted by Gasteiger charge is -2.65. The zero-order valence-corrected chi connectivity index (χ0v) is 22.2. The topological polar surface area (TPSA) is 72.8 Å². The molecular weight excluding hydrogens is 475 g/mol. The van der Waals surface area contributed by atoms with Gasteiger partial charge in [0.25, 0.3) is 5.97 Å². The van der Waals surface area contributed by atoms with Gasteiger partial charge < -0.3 is 14.6 Å². The zero-order chi connectivity index (χ0) is 24.9. The van der Waals surface area contributed by atoms with E-state index in [1.807, 2.05) is 19.9 Å². The van der Waals surface area contributed by atoms with Gasteiger partial charge in [-0.15, -0.1) is 23.2 Å². The lowest BCUT2D eigenvalue weighted by molar-refractivity contribution is -0.438. The molecule has 0 amide bonds. The minimum absolute atomic E-state index is 0.00284. The molecule has 1 N–H and O–H groups in total. The fraction of sp³-hybridized carbons (Fsp3) is 0.778. The number of allylic oxidation sites excluding steroid dienone is 4. The van der Waals surface area contributed by atoms with Gasteiger partial charge in [0.05, 0.1) is 10.3 Å². The van der Waals surface area contributed by atoms with E-state index < -0.39 is 32.7 Å². The second-order valence-corrected chi connectivity index (χ2v) is 13.0. The summed E-state index contributed by atoms with van der Waals surface area (Å²) >= 11 is 14.9. The van der Waals surface area contributed by atoms with Crippen molar-refractivity contribution in [1.82, 2.24) is 0 Å². The van der Waals surface area contributed by atoms with Gasteiger partial charge in [-0.1, -0.05) is 46.3 Å². The molecule has 0 aromatic heterocycles. The number of alkyl halides is 2. The molecule has 1 heterocycles. The predicted octanol–water partition coefficient (Wildman–Crippen LogP) is 5.17. The maximum atomic E-state index is 13.7. The lowest BCUT2D eigenvalue weighted by Crippen LogP contribution is -2.71. The molecule has 34 heavy (non-hydrogen) atoms. The summed E-state index contributed by atoms with van der Waals surface area (Å²) in [7, 11) is 0. The number of carbonyl (C=O) groups is 2. The van der Waals surface area contributed by atoms with Gasteiger partial charge in [-0.2, -0.15) is 0 Å². The number of hydrogen-bond donors (Lipinski definition) is 1. The minimum atomic E-state index is -1.81. The average Bonchev–Trinajstić information content (AvgIpc) is 2.99. The molecular formula is C27H36Cl2O5. The van der Waals surface area contributed by atoms with E-state index in [4.69, 9.17) is 32.7 Å². The van der Waals surface area contributed by atoms with E-state index in [2.05, 4.69) is 20.8 Å². The largest absolute Gasteiger partial charge is 0.343 e. The summed E-state index contributed by atoms with van der Waals surface area (Å²) in [6.45, 7) is 9.94. The summed E-state index contributed by atoms with van der Waals surface area (Å²) in [6.07, 6.45) is 8.77. The fourth-order valence-electron chi connectivity index (χ4n) is 8.37. The zero-order valence-electron chi connectivity index (χ0n) is 20.7. The van der Waals surface area contributed by atoms with Crippen molar-refractivity contribution in [2.75, 3.05) is 6.61 Å². The van der Waals surface area contributed by atoms with Crippen LogP contribution in [-0.4, -0.2) is 45.1 Å². The van der Waals surface area contributed by atoms with Crippen LogP contribution < -0.4 is 0 Å². The van der Waals surface area contributed by atoms with Crippen LogP contribution in [0, 0.1) is 34.5 Å². The highest BCUT2D eigenvalue weighted by atomic mass is 35.5. The number of ether oxygens (including phenoxy) is 2. The number of hydrogen-bond acceptors (Lipinski definition) is 5. The summed E-state index contributed by atoms with van der Waals surface area (Å²) in [5.74, 6) is -2.22. The maximum Gasteiger partial charge on any atom is 0.284 e. The van der Waals surface area contributed by atoms with E-state index >= 15 is 0 Å². The molecule has 1 aliphatic heterocycles. The number of rotatable bonds is 2. The predicted molar refractivity (Wildman–Crippen MR) is 130 cm³/mol. The van der Waals surface area contributed by atoms with Crippen LogP contribution in [0.4, 0.5) is 0 Å². The molecule has 0 aromatic carbocycles. The van der Waals surface area contributed by atoms with E-state index in [0.29, 0.717) is 12.8 Å². The van der Waals surface area contributed by atoms with E-state index in [1.165, 1.54) is 0 Å². The molecule has 188 valence electrons. The molecule has 1 saturated heterocycles. The van der Waals surface area contributed by atoms with Crippen LogP contribution in [0.2, 0.25) is 0 Å². The molecule has 5 rings (SSSR count). The highest BCUT2D eigenvalue weighted by Gasteiger charge is 2.77. The molecule has 0 aromatic rings. The van der Waals surface area contributed by atoms with Crippen molar-refractivity contribution in [3.8, 4) is 0 Å². The highest BCUT2D eigenvalue weighted by molar-refractivity contribution is 6.34. The van der Waals surface area contributed by atoms with Crippen molar-refractivity contribution in [3.05, 3.63) is 23.8 Å². The van der Waals surface area contributed by atoms with Crippen molar-refractivity contribution in [2.45, 2.75) is 88.5 Å². The number of aliphatic hydroxyl groups is 1. The molecule has 0 radical (unpaired) electrons. The monoisotopic (exact) mass is 510 g/mol. The van der Waals surface area contributed by atoms with Gasteiger partial charge in [0, 0.05) is 16.7 Å².